The molecule has 22 heavy (non-hydrogen) atoms. The van der Waals surface area contributed by atoms with Gasteiger partial charge in [0.25, 0.3) is 0 Å². The van der Waals surface area contributed by atoms with Gasteiger partial charge in [-0.05, 0) is 36.2 Å². The molecule has 0 amide bonds. The van der Waals surface area contributed by atoms with E-state index >= 15 is 0 Å². The van der Waals surface area contributed by atoms with Crippen LogP contribution in [-0.4, -0.2) is 19.0 Å². The van der Waals surface area contributed by atoms with Gasteiger partial charge in [0.2, 0.25) is 0 Å². The summed E-state index contributed by atoms with van der Waals surface area (Å²) in [5.74, 6) is -0.785. The molecule has 112 valence electrons. The lowest BCUT2D eigenvalue weighted by atomic mass is 9.84. The Labute approximate surface area is 128 Å². The average Bonchev–Trinajstić information content (AvgIpc) is 2.54. The number of ether oxygens (including phenoxy) is 2. The molecule has 2 aromatic rings. The lowest BCUT2D eigenvalue weighted by Crippen LogP contribution is -2.36. The minimum absolute atomic E-state index is 0.371. The Bertz CT molecular complexity index is 736. The lowest BCUT2D eigenvalue weighted by molar-refractivity contribution is -0.0182. The molecular formula is C18H16O4. The van der Waals surface area contributed by atoms with Crippen LogP contribution in [0.3, 0.4) is 0 Å². The standard InChI is InChI=1S/C18H16O4/c1-18(14-6-4-3-5-7-14)11-13-10-12(16(19)21-2)8-9-15(13)17(20)22-18/h3-10H,11H2,1-2H3/t18-/m0/s1. The molecule has 0 N–H and O–H groups in total. The molecule has 0 aromatic heterocycles. The zero-order valence-corrected chi connectivity index (χ0v) is 12.5. The van der Waals surface area contributed by atoms with Crippen molar-refractivity contribution in [2.45, 2.75) is 18.9 Å². The van der Waals surface area contributed by atoms with Gasteiger partial charge in [-0.25, -0.2) is 9.59 Å². The van der Waals surface area contributed by atoms with Gasteiger partial charge >= 0.3 is 11.9 Å². The first-order valence-electron chi connectivity index (χ1n) is 7.03. The number of cyclic esters (lactones) is 1. The largest absolute Gasteiger partial charge is 0.465 e. The van der Waals surface area contributed by atoms with E-state index in [1.165, 1.54) is 7.11 Å². The van der Waals surface area contributed by atoms with E-state index in [0.717, 1.165) is 11.1 Å². The van der Waals surface area contributed by atoms with Crippen LogP contribution < -0.4 is 0 Å². The second kappa shape index (κ2) is 5.30. The van der Waals surface area contributed by atoms with E-state index in [1.807, 2.05) is 37.3 Å². The van der Waals surface area contributed by atoms with Crippen molar-refractivity contribution in [2.24, 2.45) is 0 Å². The maximum atomic E-state index is 12.3. The third kappa shape index (κ3) is 2.37. The van der Waals surface area contributed by atoms with E-state index in [9.17, 15) is 9.59 Å². The zero-order valence-electron chi connectivity index (χ0n) is 12.5. The number of rotatable bonds is 2. The van der Waals surface area contributed by atoms with Gasteiger partial charge in [-0.1, -0.05) is 30.3 Å². The van der Waals surface area contributed by atoms with E-state index in [4.69, 9.17) is 9.47 Å². The Morgan fingerprint density at radius 2 is 1.91 bits per heavy atom. The van der Waals surface area contributed by atoms with Gasteiger partial charge in [0.15, 0.2) is 0 Å². The second-order valence-electron chi connectivity index (χ2n) is 5.53. The maximum absolute atomic E-state index is 12.3. The van der Waals surface area contributed by atoms with Crippen molar-refractivity contribution in [3.63, 3.8) is 0 Å². The molecule has 1 heterocycles. The molecule has 1 atom stereocenters. The summed E-state index contributed by atoms with van der Waals surface area (Å²) >= 11 is 0. The van der Waals surface area contributed by atoms with Crippen molar-refractivity contribution < 1.29 is 19.1 Å². The maximum Gasteiger partial charge on any atom is 0.339 e. The fraction of sp³-hybridized carbons (Fsp3) is 0.222. The number of hydrogen-bond donors (Lipinski definition) is 0. The highest BCUT2D eigenvalue weighted by molar-refractivity contribution is 5.95. The topological polar surface area (TPSA) is 52.6 Å². The van der Waals surface area contributed by atoms with Crippen molar-refractivity contribution >= 4 is 11.9 Å². The van der Waals surface area contributed by atoms with Crippen LogP contribution in [0, 0.1) is 0 Å². The second-order valence-corrected chi connectivity index (χ2v) is 5.53. The van der Waals surface area contributed by atoms with Crippen LogP contribution in [0.2, 0.25) is 0 Å². The smallest absolute Gasteiger partial charge is 0.339 e. The predicted molar refractivity (Wildman–Crippen MR) is 80.7 cm³/mol. The number of fused-ring (bicyclic) bond motifs is 1. The van der Waals surface area contributed by atoms with E-state index in [-0.39, 0.29) is 5.97 Å². The van der Waals surface area contributed by atoms with E-state index < -0.39 is 11.6 Å². The summed E-state index contributed by atoms with van der Waals surface area (Å²) in [6, 6.07) is 14.5. The van der Waals surface area contributed by atoms with Crippen LogP contribution in [0.5, 0.6) is 0 Å². The molecule has 2 aromatic carbocycles. The first-order valence-corrected chi connectivity index (χ1v) is 7.03. The van der Waals surface area contributed by atoms with Crippen molar-refractivity contribution in [2.75, 3.05) is 7.11 Å². The predicted octanol–water partition coefficient (Wildman–Crippen LogP) is 3.10. The van der Waals surface area contributed by atoms with Gasteiger partial charge in [0.1, 0.15) is 5.60 Å². The fourth-order valence-electron chi connectivity index (χ4n) is 2.79. The van der Waals surface area contributed by atoms with Crippen molar-refractivity contribution in [3.05, 3.63) is 70.8 Å². The summed E-state index contributed by atoms with van der Waals surface area (Å²) in [5.41, 5.74) is 1.93. The molecule has 1 aliphatic heterocycles. The van der Waals surface area contributed by atoms with Gasteiger partial charge < -0.3 is 9.47 Å². The summed E-state index contributed by atoms with van der Waals surface area (Å²) in [6.07, 6.45) is 0.517. The van der Waals surface area contributed by atoms with Gasteiger partial charge in [-0.3, -0.25) is 0 Å². The minimum atomic E-state index is -0.736. The van der Waals surface area contributed by atoms with E-state index in [2.05, 4.69) is 0 Å². The Hall–Kier alpha value is -2.62. The van der Waals surface area contributed by atoms with Gasteiger partial charge in [-0.2, -0.15) is 0 Å². The van der Waals surface area contributed by atoms with Crippen LogP contribution in [-0.2, 0) is 21.5 Å². The number of benzene rings is 2. The average molecular weight is 296 g/mol. The van der Waals surface area contributed by atoms with Crippen molar-refractivity contribution in [3.8, 4) is 0 Å². The van der Waals surface area contributed by atoms with Gasteiger partial charge in [0, 0.05) is 6.42 Å². The normalized spacial score (nSPS) is 20.0. The minimum Gasteiger partial charge on any atom is -0.465 e. The molecule has 0 fully saturated rings. The summed E-state index contributed by atoms with van der Waals surface area (Å²) in [6.45, 7) is 1.88. The highest BCUT2D eigenvalue weighted by Gasteiger charge is 2.38. The van der Waals surface area contributed by atoms with Crippen LogP contribution in [0.4, 0.5) is 0 Å². The third-order valence-electron chi connectivity index (χ3n) is 3.98. The lowest BCUT2D eigenvalue weighted by Gasteiger charge is -2.35. The molecule has 3 rings (SSSR count). The van der Waals surface area contributed by atoms with Crippen LogP contribution >= 0.6 is 0 Å². The van der Waals surface area contributed by atoms with Crippen molar-refractivity contribution in [1.82, 2.24) is 0 Å². The molecule has 0 radical (unpaired) electrons. The first kappa shape index (κ1) is 14.3. The molecular weight excluding hydrogens is 280 g/mol. The van der Waals surface area contributed by atoms with Crippen molar-refractivity contribution in [1.29, 1.82) is 0 Å². The Morgan fingerprint density at radius 1 is 1.18 bits per heavy atom. The molecule has 4 heteroatoms. The molecule has 0 unspecified atom stereocenters. The Morgan fingerprint density at radius 3 is 2.59 bits per heavy atom. The number of carbonyl (C=O) groups excluding carboxylic acids is 2. The van der Waals surface area contributed by atoms with Gasteiger partial charge in [0.05, 0.1) is 18.2 Å². The molecule has 0 aliphatic carbocycles. The third-order valence-corrected chi connectivity index (χ3v) is 3.98. The SMILES string of the molecule is COC(=O)c1ccc2c(c1)C[C@@](C)(c1ccccc1)OC2=O. The highest BCUT2D eigenvalue weighted by atomic mass is 16.6. The Kier molecular flexibility index (Phi) is 3.45. The zero-order chi connectivity index (χ0) is 15.7. The molecule has 0 spiro atoms. The summed E-state index contributed by atoms with van der Waals surface area (Å²) in [5, 5.41) is 0. The summed E-state index contributed by atoms with van der Waals surface area (Å²) < 4.78 is 10.4. The molecule has 0 saturated heterocycles. The number of hydrogen-bond acceptors (Lipinski definition) is 4. The summed E-state index contributed by atoms with van der Waals surface area (Å²) in [4.78, 5) is 24.0. The quantitative estimate of drug-likeness (QED) is 0.799. The van der Waals surface area contributed by atoms with E-state index in [0.29, 0.717) is 17.5 Å². The highest BCUT2D eigenvalue weighted by Crippen LogP contribution is 2.36. The van der Waals surface area contributed by atoms with Crippen LogP contribution in [0.25, 0.3) is 0 Å². The first-order chi connectivity index (χ1) is 10.5. The molecule has 0 bridgehead atoms. The monoisotopic (exact) mass is 296 g/mol. The fourth-order valence-corrected chi connectivity index (χ4v) is 2.79. The van der Waals surface area contributed by atoms with E-state index in [1.54, 1.807) is 18.2 Å². The molecule has 0 saturated carbocycles. The Balaban J connectivity index is 2.04. The number of carbonyl (C=O) groups is 2. The van der Waals surface area contributed by atoms with Gasteiger partial charge in [-0.15, -0.1) is 0 Å². The number of methoxy groups -OCH3 is 1. The summed E-state index contributed by atoms with van der Waals surface area (Å²) in [7, 11) is 1.34. The molecule has 1 aliphatic rings. The number of esters is 2. The van der Waals surface area contributed by atoms with Crippen LogP contribution in [0.1, 0.15) is 38.8 Å². The molecule has 4 nitrogen and oxygen atoms in total. The van der Waals surface area contributed by atoms with Crippen LogP contribution in [0.15, 0.2) is 48.5 Å².